The summed E-state index contributed by atoms with van der Waals surface area (Å²) in [6.07, 6.45) is 0.980. The third kappa shape index (κ3) is 5.12. The molecule has 0 saturated heterocycles. The lowest BCUT2D eigenvalue weighted by Gasteiger charge is -2.29. The number of aryl methyl sites for hydroxylation is 1. The van der Waals surface area contributed by atoms with E-state index >= 15 is 0 Å². The number of nitrogens with zero attached hydrogens (tertiary/aromatic N) is 1. The smallest absolute Gasteiger partial charge is 0.251 e. The van der Waals surface area contributed by atoms with Crippen molar-refractivity contribution in [3.05, 3.63) is 58.7 Å². The summed E-state index contributed by atoms with van der Waals surface area (Å²) >= 11 is 0. The van der Waals surface area contributed by atoms with Gasteiger partial charge in [-0.1, -0.05) is 17.7 Å². The second kappa shape index (κ2) is 9.49. The molecule has 0 fully saturated rings. The lowest BCUT2D eigenvalue weighted by molar-refractivity contribution is 0.0953. The first-order valence-corrected chi connectivity index (χ1v) is 11.5. The first-order valence-electron chi connectivity index (χ1n) is 9.90. The minimum Gasteiger partial charge on any atom is -0.493 e. The second-order valence-corrected chi connectivity index (χ2v) is 9.44. The third-order valence-corrected chi connectivity index (χ3v) is 7.12. The van der Waals surface area contributed by atoms with Crippen LogP contribution in [0.2, 0.25) is 0 Å². The Morgan fingerprint density at radius 1 is 1.10 bits per heavy atom. The minimum atomic E-state index is -3.42. The molecule has 0 radical (unpaired) electrons. The van der Waals surface area contributed by atoms with Gasteiger partial charge in [0.1, 0.15) is 0 Å². The fraction of sp³-hybridized carbons (Fsp3) is 0.409. The SMILES string of the molecule is COc1cc2c(cc1OC)CN(S(=O)(=O)CCCNC(=O)c1cccc(C)c1)CC2. The lowest BCUT2D eigenvalue weighted by atomic mass is 10.0. The van der Waals surface area contributed by atoms with Crippen LogP contribution in [0, 0.1) is 6.92 Å². The van der Waals surface area contributed by atoms with E-state index in [4.69, 9.17) is 9.47 Å². The average Bonchev–Trinajstić information content (AvgIpc) is 2.75. The van der Waals surface area contributed by atoms with Crippen LogP contribution < -0.4 is 14.8 Å². The number of carbonyl (C=O) groups is 1. The van der Waals surface area contributed by atoms with Crippen molar-refractivity contribution in [3.63, 3.8) is 0 Å². The zero-order chi connectivity index (χ0) is 21.7. The lowest BCUT2D eigenvalue weighted by Crippen LogP contribution is -2.38. The van der Waals surface area contributed by atoms with Crippen LogP contribution in [0.1, 0.15) is 33.5 Å². The number of hydrogen-bond donors (Lipinski definition) is 1. The largest absolute Gasteiger partial charge is 0.493 e. The van der Waals surface area contributed by atoms with Crippen LogP contribution in [0.3, 0.4) is 0 Å². The molecule has 1 N–H and O–H groups in total. The molecule has 2 aromatic carbocycles. The molecule has 1 heterocycles. The van der Waals surface area contributed by atoms with Crippen molar-refractivity contribution in [3.8, 4) is 11.5 Å². The molecule has 8 heteroatoms. The van der Waals surface area contributed by atoms with E-state index in [1.165, 1.54) is 4.31 Å². The number of nitrogens with one attached hydrogen (secondary N) is 1. The standard InChI is InChI=1S/C22H28N2O5S/c1-16-6-4-7-18(12-16)22(25)23-9-5-11-30(26,27)24-10-8-17-13-20(28-2)21(29-3)14-19(17)15-24/h4,6-7,12-14H,5,8-11,15H2,1-3H3,(H,23,25). The summed E-state index contributed by atoms with van der Waals surface area (Å²) in [6, 6.07) is 11.1. The highest BCUT2D eigenvalue weighted by atomic mass is 32.2. The highest BCUT2D eigenvalue weighted by molar-refractivity contribution is 7.89. The number of rotatable bonds is 8. The van der Waals surface area contributed by atoms with Gasteiger partial charge in [0, 0.05) is 25.2 Å². The molecule has 0 spiro atoms. The first kappa shape index (κ1) is 22.1. The topological polar surface area (TPSA) is 84.9 Å². The van der Waals surface area contributed by atoms with Crippen molar-refractivity contribution in [2.75, 3.05) is 33.1 Å². The Hall–Kier alpha value is -2.58. The van der Waals surface area contributed by atoms with E-state index in [9.17, 15) is 13.2 Å². The summed E-state index contributed by atoms with van der Waals surface area (Å²) in [4.78, 5) is 12.2. The number of sulfonamides is 1. The van der Waals surface area contributed by atoms with Gasteiger partial charge in [-0.3, -0.25) is 4.79 Å². The minimum absolute atomic E-state index is 0.0102. The van der Waals surface area contributed by atoms with Crippen LogP contribution in [0.5, 0.6) is 11.5 Å². The maximum Gasteiger partial charge on any atom is 0.251 e. The molecule has 0 saturated carbocycles. The van der Waals surface area contributed by atoms with E-state index in [-0.39, 0.29) is 11.7 Å². The van der Waals surface area contributed by atoms with E-state index < -0.39 is 10.0 Å². The molecule has 1 aliphatic rings. The molecule has 1 aliphatic heterocycles. The molecule has 0 atom stereocenters. The van der Waals surface area contributed by atoms with E-state index in [0.717, 1.165) is 16.7 Å². The first-order chi connectivity index (χ1) is 14.3. The summed E-state index contributed by atoms with van der Waals surface area (Å²) < 4.78 is 37.7. The number of fused-ring (bicyclic) bond motifs is 1. The van der Waals surface area contributed by atoms with Gasteiger partial charge in [-0.2, -0.15) is 4.31 Å². The van der Waals surface area contributed by atoms with Gasteiger partial charge in [-0.15, -0.1) is 0 Å². The van der Waals surface area contributed by atoms with Gasteiger partial charge in [0.05, 0.1) is 20.0 Å². The zero-order valence-electron chi connectivity index (χ0n) is 17.6. The summed E-state index contributed by atoms with van der Waals surface area (Å²) in [5, 5.41) is 2.79. The Morgan fingerprint density at radius 2 is 1.80 bits per heavy atom. The average molecular weight is 433 g/mol. The maximum atomic E-state index is 12.8. The van der Waals surface area contributed by atoms with Gasteiger partial charge in [-0.25, -0.2) is 8.42 Å². The van der Waals surface area contributed by atoms with Gasteiger partial charge in [0.25, 0.3) is 5.91 Å². The van der Waals surface area contributed by atoms with Crippen LogP contribution >= 0.6 is 0 Å². The highest BCUT2D eigenvalue weighted by Crippen LogP contribution is 2.33. The van der Waals surface area contributed by atoms with Crippen LogP contribution in [0.25, 0.3) is 0 Å². The molecule has 3 rings (SSSR count). The fourth-order valence-electron chi connectivity index (χ4n) is 3.57. The molecule has 1 amide bonds. The predicted molar refractivity (Wildman–Crippen MR) is 116 cm³/mol. The maximum absolute atomic E-state index is 12.8. The van der Waals surface area contributed by atoms with Crippen molar-refractivity contribution < 1.29 is 22.7 Å². The molecule has 0 aromatic heterocycles. The summed E-state index contributed by atoms with van der Waals surface area (Å²) in [6.45, 7) is 2.97. The van der Waals surface area contributed by atoms with Crippen molar-refractivity contribution >= 4 is 15.9 Å². The van der Waals surface area contributed by atoms with E-state index in [0.29, 0.717) is 49.5 Å². The van der Waals surface area contributed by atoms with Gasteiger partial charge in [-0.05, 0) is 55.2 Å². The summed E-state index contributed by atoms with van der Waals surface area (Å²) in [5.74, 6) is 1.04. The number of carbonyl (C=O) groups excluding carboxylic acids is 1. The Bertz CT molecular complexity index is 1020. The fourth-order valence-corrected chi connectivity index (χ4v) is 5.04. The molecule has 2 aromatic rings. The third-order valence-electron chi connectivity index (χ3n) is 5.22. The van der Waals surface area contributed by atoms with Crippen molar-refractivity contribution in [1.82, 2.24) is 9.62 Å². The van der Waals surface area contributed by atoms with Crippen molar-refractivity contribution in [2.45, 2.75) is 26.3 Å². The molecular weight excluding hydrogens is 404 g/mol. The molecular formula is C22H28N2O5S. The van der Waals surface area contributed by atoms with Crippen LogP contribution in [0.15, 0.2) is 36.4 Å². The van der Waals surface area contributed by atoms with Crippen LogP contribution in [0.4, 0.5) is 0 Å². The molecule has 30 heavy (non-hydrogen) atoms. The van der Waals surface area contributed by atoms with Gasteiger partial charge < -0.3 is 14.8 Å². The van der Waals surface area contributed by atoms with Crippen LogP contribution in [-0.2, 0) is 23.0 Å². The second-order valence-electron chi connectivity index (χ2n) is 7.35. The van der Waals surface area contributed by atoms with Gasteiger partial charge in [0.15, 0.2) is 11.5 Å². The monoisotopic (exact) mass is 432 g/mol. The number of hydrogen-bond acceptors (Lipinski definition) is 5. The Morgan fingerprint density at radius 3 is 2.47 bits per heavy atom. The summed E-state index contributed by atoms with van der Waals surface area (Å²) in [5.41, 5.74) is 3.58. The van der Waals surface area contributed by atoms with E-state index in [2.05, 4.69) is 5.32 Å². The van der Waals surface area contributed by atoms with Crippen LogP contribution in [-0.4, -0.2) is 51.7 Å². The van der Waals surface area contributed by atoms with Gasteiger partial charge in [0.2, 0.25) is 10.0 Å². The van der Waals surface area contributed by atoms with Crippen molar-refractivity contribution in [2.24, 2.45) is 0 Å². The summed E-state index contributed by atoms with van der Waals surface area (Å²) in [7, 11) is -0.274. The molecule has 0 bridgehead atoms. The predicted octanol–water partition coefficient (Wildman–Crippen LogP) is 2.52. The number of amides is 1. The Labute approximate surface area is 178 Å². The van der Waals surface area contributed by atoms with Gasteiger partial charge >= 0.3 is 0 Å². The number of ether oxygens (including phenoxy) is 2. The zero-order valence-corrected chi connectivity index (χ0v) is 18.4. The van der Waals surface area contributed by atoms with E-state index in [1.807, 2.05) is 31.2 Å². The quantitative estimate of drug-likeness (QED) is 0.648. The molecule has 0 aliphatic carbocycles. The molecule has 7 nitrogen and oxygen atoms in total. The van der Waals surface area contributed by atoms with E-state index in [1.54, 1.807) is 26.4 Å². The highest BCUT2D eigenvalue weighted by Gasteiger charge is 2.27. The van der Waals surface area contributed by atoms with Crippen molar-refractivity contribution in [1.29, 1.82) is 0 Å². The Balaban J connectivity index is 1.56. The molecule has 162 valence electrons. The Kier molecular flexibility index (Phi) is 6.99. The number of methoxy groups -OCH3 is 2. The normalized spacial score (nSPS) is 14.1. The number of benzene rings is 2. The molecule has 0 unspecified atom stereocenters.